The lowest BCUT2D eigenvalue weighted by Gasteiger charge is -2.17. The van der Waals surface area contributed by atoms with Gasteiger partial charge in [0.25, 0.3) is 5.56 Å². The van der Waals surface area contributed by atoms with E-state index < -0.39 is 0 Å². The maximum absolute atomic E-state index is 12.2. The molecule has 0 aliphatic rings. The van der Waals surface area contributed by atoms with Crippen molar-refractivity contribution in [2.45, 2.75) is 27.2 Å². The molecule has 4 nitrogen and oxygen atoms in total. The third-order valence-electron chi connectivity index (χ3n) is 2.79. The number of nitrogens with zero attached hydrogens (tertiary/aromatic N) is 1. The van der Waals surface area contributed by atoms with E-state index in [2.05, 4.69) is 9.97 Å². The topological polar surface area (TPSA) is 66.0 Å². The van der Waals surface area contributed by atoms with E-state index >= 15 is 0 Å². The van der Waals surface area contributed by atoms with Crippen molar-refractivity contribution in [2.24, 2.45) is 5.41 Å². The third-order valence-corrected chi connectivity index (χ3v) is 3.12. The van der Waals surface area contributed by atoms with Gasteiger partial charge in [0.15, 0.2) is 0 Å². The lowest BCUT2D eigenvalue weighted by molar-refractivity contribution is 0.392. The maximum atomic E-state index is 12.2. The van der Waals surface area contributed by atoms with Crippen molar-refractivity contribution in [3.8, 4) is 17.0 Å². The van der Waals surface area contributed by atoms with Gasteiger partial charge in [-0.1, -0.05) is 50.6 Å². The van der Waals surface area contributed by atoms with E-state index in [-0.39, 0.29) is 22.4 Å². The molecular formula is C15H17ClN2O2. The summed E-state index contributed by atoms with van der Waals surface area (Å²) in [6.45, 7) is 6.10. The monoisotopic (exact) mass is 292 g/mol. The van der Waals surface area contributed by atoms with Gasteiger partial charge in [0.05, 0.1) is 0 Å². The first-order valence-corrected chi connectivity index (χ1v) is 6.73. The Labute approximate surface area is 122 Å². The molecule has 1 aromatic carbocycles. The number of rotatable bonds is 2. The zero-order valence-electron chi connectivity index (χ0n) is 11.7. The standard InChI is InChI=1S/C15H17ClN2O2/c1-15(2,3)8-11-17-13(19)12(14(20)18-11)9-6-4-5-7-10(9)16/h4-7H,8H2,1-3H3,(H2,17,18,19,20). The molecule has 0 radical (unpaired) electrons. The quantitative estimate of drug-likeness (QED) is 0.891. The number of hydrogen-bond acceptors (Lipinski definition) is 3. The number of H-pyrrole nitrogens is 1. The fourth-order valence-electron chi connectivity index (χ4n) is 2.00. The Balaban J connectivity index is 2.53. The van der Waals surface area contributed by atoms with Crippen molar-refractivity contribution >= 4 is 11.6 Å². The summed E-state index contributed by atoms with van der Waals surface area (Å²) >= 11 is 6.06. The molecule has 2 N–H and O–H groups in total. The molecule has 0 bridgehead atoms. The molecule has 1 heterocycles. The van der Waals surface area contributed by atoms with E-state index in [4.69, 9.17) is 11.6 Å². The number of aromatic amines is 1. The smallest absolute Gasteiger partial charge is 0.262 e. The number of benzene rings is 1. The Bertz CT molecular complexity index is 687. The lowest BCUT2D eigenvalue weighted by atomic mass is 9.92. The highest BCUT2D eigenvalue weighted by Gasteiger charge is 2.18. The van der Waals surface area contributed by atoms with Crippen LogP contribution >= 0.6 is 11.6 Å². The molecule has 2 rings (SSSR count). The molecule has 0 atom stereocenters. The first-order chi connectivity index (χ1) is 9.28. The number of nitrogens with one attached hydrogen (secondary N) is 1. The van der Waals surface area contributed by atoms with E-state index in [1.807, 2.05) is 20.8 Å². The van der Waals surface area contributed by atoms with Crippen LogP contribution in [0.2, 0.25) is 5.02 Å². The summed E-state index contributed by atoms with van der Waals surface area (Å²) < 4.78 is 0. The minimum Gasteiger partial charge on any atom is -0.493 e. The van der Waals surface area contributed by atoms with Gasteiger partial charge >= 0.3 is 0 Å². The summed E-state index contributed by atoms with van der Waals surface area (Å²) in [5.41, 5.74) is 0.162. The van der Waals surface area contributed by atoms with Crippen molar-refractivity contribution in [3.63, 3.8) is 0 Å². The van der Waals surface area contributed by atoms with E-state index in [1.54, 1.807) is 24.3 Å². The average molecular weight is 293 g/mol. The predicted octanol–water partition coefficient (Wildman–Crippen LogP) is 3.38. The third kappa shape index (κ3) is 3.20. The lowest BCUT2D eigenvalue weighted by Crippen LogP contribution is -2.19. The molecule has 2 aromatic rings. The second kappa shape index (κ2) is 5.29. The van der Waals surface area contributed by atoms with Gasteiger partial charge in [-0.2, -0.15) is 4.98 Å². The molecule has 0 spiro atoms. The summed E-state index contributed by atoms with van der Waals surface area (Å²) in [4.78, 5) is 19.0. The van der Waals surface area contributed by atoms with E-state index in [1.165, 1.54) is 0 Å². The second-order valence-electron chi connectivity index (χ2n) is 5.93. The molecule has 0 saturated carbocycles. The van der Waals surface area contributed by atoms with Gasteiger partial charge in [-0.15, -0.1) is 0 Å². The second-order valence-corrected chi connectivity index (χ2v) is 6.34. The molecule has 0 aliphatic carbocycles. The van der Waals surface area contributed by atoms with E-state index in [0.29, 0.717) is 22.8 Å². The summed E-state index contributed by atoms with van der Waals surface area (Å²) in [6.07, 6.45) is 0.568. The Morgan fingerprint density at radius 1 is 1.30 bits per heavy atom. The number of halogens is 1. The minimum atomic E-state index is -0.384. The molecule has 106 valence electrons. The van der Waals surface area contributed by atoms with Gasteiger partial charge in [-0.3, -0.25) is 4.79 Å². The van der Waals surface area contributed by atoms with Gasteiger partial charge in [-0.25, -0.2) is 0 Å². The normalized spacial score (nSPS) is 11.6. The molecule has 1 aromatic heterocycles. The van der Waals surface area contributed by atoms with Crippen LogP contribution in [-0.4, -0.2) is 15.1 Å². The van der Waals surface area contributed by atoms with Crippen LogP contribution in [0.4, 0.5) is 0 Å². The van der Waals surface area contributed by atoms with Crippen LogP contribution in [0, 0.1) is 5.41 Å². The highest BCUT2D eigenvalue weighted by molar-refractivity contribution is 6.33. The summed E-state index contributed by atoms with van der Waals surface area (Å²) in [5.74, 6) is 0.178. The number of hydrogen-bond donors (Lipinski definition) is 2. The SMILES string of the molecule is CC(C)(C)Cc1nc(O)c(-c2ccccc2Cl)c(=O)[nH]1. The van der Waals surface area contributed by atoms with E-state index in [9.17, 15) is 9.90 Å². The predicted molar refractivity (Wildman–Crippen MR) is 80.1 cm³/mol. The zero-order valence-corrected chi connectivity index (χ0v) is 12.5. The largest absolute Gasteiger partial charge is 0.493 e. The van der Waals surface area contributed by atoms with E-state index in [0.717, 1.165) is 0 Å². The minimum absolute atomic E-state index is 0.0334. The highest BCUT2D eigenvalue weighted by atomic mass is 35.5. The molecule has 20 heavy (non-hydrogen) atoms. The molecule has 0 aliphatic heterocycles. The van der Waals surface area contributed by atoms with Crippen molar-refractivity contribution in [1.82, 2.24) is 9.97 Å². The van der Waals surface area contributed by atoms with Crippen LogP contribution in [0.25, 0.3) is 11.1 Å². The van der Waals surface area contributed by atoms with Gasteiger partial charge in [0, 0.05) is 17.0 Å². The Morgan fingerprint density at radius 3 is 2.50 bits per heavy atom. The summed E-state index contributed by atoms with van der Waals surface area (Å²) in [6, 6.07) is 6.86. The number of aromatic nitrogens is 2. The van der Waals surface area contributed by atoms with Crippen molar-refractivity contribution < 1.29 is 5.11 Å². The molecule has 0 amide bonds. The summed E-state index contributed by atoms with van der Waals surface area (Å²) in [5, 5.41) is 10.5. The summed E-state index contributed by atoms with van der Waals surface area (Å²) in [7, 11) is 0. The number of aromatic hydroxyl groups is 1. The van der Waals surface area contributed by atoms with Gasteiger partial charge in [0.2, 0.25) is 5.88 Å². The molecule has 0 fully saturated rings. The van der Waals surface area contributed by atoms with Crippen molar-refractivity contribution in [1.29, 1.82) is 0 Å². The van der Waals surface area contributed by atoms with Crippen LogP contribution in [-0.2, 0) is 6.42 Å². The van der Waals surface area contributed by atoms with Crippen LogP contribution in [0.3, 0.4) is 0 Å². The first kappa shape index (κ1) is 14.6. The van der Waals surface area contributed by atoms with Crippen LogP contribution in [0.5, 0.6) is 5.88 Å². The highest BCUT2D eigenvalue weighted by Crippen LogP contribution is 2.30. The van der Waals surface area contributed by atoms with Gasteiger partial charge < -0.3 is 10.1 Å². The van der Waals surface area contributed by atoms with Crippen molar-refractivity contribution in [2.75, 3.05) is 0 Å². The Morgan fingerprint density at radius 2 is 1.95 bits per heavy atom. The fourth-order valence-corrected chi connectivity index (χ4v) is 2.23. The van der Waals surface area contributed by atoms with Crippen molar-refractivity contribution in [3.05, 3.63) is 45.5 Å². The first-order valence-electron chi connectivity index (χ1n) is 6.35. The average Bonchev–Trinajstić information content (AvgIpc) is 2.28. The molecule has 5 heteroatoms. The molecular weight excluding hydrogens is 276 g/mol. The molecule has 0 unspecified atom stereocenters. The van der Waals surface area contributed by atoms with Crippen LogP contribution in [0.1, 0.15) is 26.6 Å². The van der Waals surface area contributed by atoms with Crippen LogP contribution < -0.4 is 5.56 Å². The maximum Gasteiger partial charge on any atom is 0.262 e. The Hall–Kier alpha value is -1.81. The van der Waals surface area contributed by atoms with Crippen LogP contribution in [0.15, 0.2) is 29.1 Å². The fraction of sp³-hybridized carbons (Fsp3) is 0.333. The molecule has 0 saturated heterocycles. The zero-order chi connectivity index (χ0) is 14.9. The van der Waals surface area contributed by atoms with Gasteiger partial charge in [0.1, 0.15) is 11.4 Å². The Kier molecular flexibility index (Phi) is 3.86. The van der Waals surface area contributed by atoms with Gasteiger partial charge in [-0.05, 0) is 11.5 Å².